The molecule has 0 saturated carbocycles. The van der Waals surface area contributed by atoms with Gasteiger partial charge in [0.05, 0.1) is 18.0 Å². The molecule has 2 aromatic carbocycles. The molecule has 0 bridgehead atoms. The van der Waals surface area contributed by atoms with Crippen molar-refractivity contribution in [2.75, 3.05) is 13.4 Å². The maximum atomic E-state index is 12.1. The van der Waals surface area contributed by atoms with Crippen molar-refractivity contribution in [1.82, 2.24) is 5.32 Å². The zero-order valence-electron chi connectivity index (χ0n) is 14.4. The Bertz CT molecular complexity index is 871. The molecule has 0 aliphatic heterocycles. The van der Waals surface area contributed by atoms with Gasteiger partial charge in [0, 0.05) is 12.3 Å². The second kappa shape index (κ2) is 7.98. The van der Waals surface area contributed by atoms with Crippen LogP contribution in [0, 0.1) is 0 Å². The largest absolute Gasteiger partial charge is 0.497 e. The minimum Gasteiger partial charge on any atom is -0.497 e. The Hall–Kier alpha value is -2.60. The molecule has 0 saturated heterocycles. The van der Waals surface area contributed by atoms with Gasteiger partial charge in [-0.05, 0) is 48.4 Å². The number of sulfone groups is 1. The number of carbonyl (C=O) groups is 1. The molecule has 0 heterocycles. The number of hydrogen-bond acceptors (Lipinski definition) is 4. The van der Waals surface area contributed by atoms with Gasteiger partial charge >= 0.3 is 0 Å². The third-order valence-corrected chi connectivity index (χ3v) is 4.82. The Balaban J connectivity index is 2.00. The highest BCUT2D eigenvalue weighted by Crippen LogP contribution is 2.17. The molecule has 132 valence electrons. The van der Waals surface area contributed by atoms with Crippen molar-refractivity contribution in [1.29, 1.82) is 0 Å². The molecule has 0 aromatic heterocycles. The van der Waals surface area contributed by atoms with Crippen LogP contribution in [-0.4, -0.2) is 27.7 Å². The van der Waals surface area contributed by atoms with E-state index in [1.165, 1.54) is 6.08 Å². The molecule has 2 aromatic rings. The average molecular weight is 359 g/mol. The molecule has 0 radical (unpaired) electrons. The van der Waals surface area contributed by atoms with E-state index in [4.69, 9.17) is 4.74 Å². The first-order valence-electron chi connectivity index (χ1n) is 7.72. The van der Waals surface area contributed by atoms with Crippen molar-refractivity contribution in [3.63, 3.8) is 0 Å². The molecule has 1 atom stereocenters. The minimum absolute atomic E-state index is 0.234. The maximum Gasteiger partial charge on any atom is 0.244 e. The fourth-order valence-corrected chi connectivity index (χ4v) is 2.90. The third-order valence-electron chi connectivity index (χ3n) is 3.69. The van der Waals surface area contributed by atoms with E-state index in [1.54, 1.807) is 37.5 Å². The molecule has 2 rings (SSSR count). The Morgan fingerprint density at radius 1 is 1.16 bits per heavy atom. The lowest BCUT2D eigenvalue weighted by Gasteiger charge is -2.13. The lowest BCUT2D eigenvalue weighted by molar-refractivity contribution is -0.117. The standard InChI is InChI=1S/C19H21NO4S/c1-14(16-8-10-18(11-9-16)25(3,22)23)20-19(21)12-7-15-5-4-6-17(13-15)24-2/h4-14H,1-3H3,(H,20,21). The lowest BCUT2D eigenvalue weighted by Crippen LogP contribution is -2.24. The summed E-state index contributed by atoms with van der Waals surface area (Å²) in [5, 5.41) is 2.85. The molecular formula is C19H21NO4S. The summed E-state index contributed by atoms with van der Waals surface area (Å²) in [6.07, 6.45) is 4.32. The van der Waals surface area contributed by atoms with Crippen LogP contribution in [0.1, 0.15) is 24.1 Å². The van der Waals surface area contributed by atoms with Gasteiger partial charge in [-0.15, -0.1) is 0 Å². The number of nitrogens with one attached hydrogen (secondary N) is 1. The van der Waals surface area contributed by atoms with Gasteiger partial charge in [0.15, 0.2) is 9.84 Å². The summed E-state index contributed by atoms with van der Waals surface area (Å²) in [5.41, 5.74) is 1.69. The summed E-state index contributed by atoms with van der Waals surface area (Å²) in [7, 11) is -1.63. The Kier molecular flexibility index (Phi) is 5.98. The van der Waals surface area contributed by atoms with E-state index in [-0.39, 0.29) is 16.8 Å². The first-order valence-corrected chi connectivity index (χ1v) is 9.61. The van der Waals surface area contributed by atoms with Crippen LogP contribution in [0.15, 0.2) is 59.5 Å². The van der Waals surface area contributed by atoms with Crippen LogP contribution in [0.2, 0.25) is 0 Å². The summed E-state index contributed by atoms with van der Waals surface area (Å²) >= 11 is 0. The number of carbonyl (C=O) groups excluding carboxylic acids is 1. The third kappa shape index (κ3) is 5.46. The van der Waals surface area contributed by atoms with Gasteiger partial charge in [0.25, 0.3) is 0 Å². The van der Waals surface area contributed by atoms with Gasteiger partial charge in [0.1, 0.15) is 5.75 Å². The number of ether oxygens (including phenoxy) is 1. The van der Waals surface area contributed by atoms with Crippen molar-refractivity contribution in [3.05, 3.63) is 65.7 Å². The highest BCUT2D eigenvalue weighted by atomic mass is 32.2. The van der Waals surface area contributed by atoms with E-state index < -0.39 is 9.84 Å². The van der Waals surface area contributed by atoms with Gasteiger partial charge in [-0.25, -0.2) is 8.42 Å². The second-order valence-electron chi connectivity index (χ2n) is 5.68. The van der Waals surface area contributed by atoms with Crippen molar-refractivity contribution >= 4 is 21.8 Å². The Morgan fingerprint density at radius 3 is 2.44 bits per heavy atom. The average Bonchev–Trinajstić information content (AvgIpc) is 2.59. The van der Waals surface area contributed by atoms with Crippen LogP contribution in [0.25, 0.3) is 6.08 Å². The fourth-order valence-electron chi connectivity index (χ4n) is 2.27. The first-order chi connectivity index (χ1) is 11.8. The molecule has 1 amide bonds. The number of rotatable bonds is 6. The molecule has 0 aliphatic carbocycles. The highest BCUT2D eigenvalue weighted by Gasteiger charge is 2.10. The highest BCUT2D eigenvalue weighted by molar-refractivity contribution is 7.90. The van der Waals surface area contributed by atoms with Crippen molar-refractivity contribution in [2.24, 2.45) is 0 Å². The normalized spacial score (nSPS) is 12.8. The summed E-state index contributed by atoms with van der Waals surface area (Å²) in [5.74, 6) is 0.490. The molecule has 0 fully saturated rings. The molecule has 0 spiro atoms. The molecule has 1 N–H and O–H groups in total. The summed E-state index contributed by atoms with van der Waals surface area (Å²) in [4.78, 5) is 12.3. The Labute approximate surface area is 148 Å². The predicted molar refractivity (Wildman–Crippen MR) is 98.1 cm³/mol. The van der Waals surface area contributed by atoms with Crippen LogP contribution in [0.4, 0.5) is 0 Å². The van der Waals surface area contributed by atoms with Crippen LogP contribution >= 0.6 is 0 Å². The molecule has 6 heteroatoms. The molecular weight excluding hydrogens is 338 g/mol. The van der Waals surface area contributed by atoms with Crippen molar-refractivity contribution in [3.8, 4) is 5.75 Å². The van der Waals surface area contributed by atoms with E-state index >= 15 is 0 Å². The van der Waals surface area contributed by atoms with Gasteiger partial charge in [-0.1, -0.05) is 24.3 Å². The number of methoxy groups -OCH3 is 1. The van der Waals surface area contributed by atoms with Crippen LogP contribution in [0.5, 0.6) is 5.75 Å². The fraction of sp³-hybridized carbons (Fsp3) is 0.211. The number of amides is 1. The van der Waals surface area contributed by atoms with Crippen LogP contribution in [-0.2, 0) is 14.6 Å². The molecule has 5 nitrogen and oxygen atoms in total. The smallest absolute Gasteiger partial charge is 0.244 e. The zero-order valence-corrected chi connectivity index (χ0v) is 15.2. The van der Waals surface area contributed by atoms with E-state index in [0.29, 0.717) is 0 Å². The van der Waals surface area contributed by atoms with Crippen LogP contribution in [0.3, 0.4) is 0 Å². The van der Waals surface area contributed by atoms with Gasteiger partial charge in [-0.3, -0.25) is 4.79 Å². The van der Waals surface area contributed by atoms with Gasteiger partial charge in [-0.2, -0.15) is 0 Å². The van der Waals surface area contributed by atoms with E-state index in [2.05, 4.69) is 5.32 Å². The summed E-state index contributed by atoms with van der Waals surface area (Å²) < 4.78 is 28.1. The van der Waals surface area contributed by atoms with Crippen LogP contribution < -0.4 is 10.1 Å². The van der Waals surface area contributed by atoms with Crippen molar-refractivity contribution < 1.29 is 17.9 Å². The maximum absolute atomic E-state index is 12.1. The quantitative estimate of drug-likeness (QED) is 0.805. The molecule has 1 unspecified atom stereocenters. The lowest BCUT2D eigenvalue weighted by atomic mass is 10.1. The van der Waals surface area contributed by atoms with E-state index in [1.807, 2.05) is 31.2 Å². The number of benzene rings is 2. The molecule has 0 aliphatic rings. The monoisotopic (exact) mass is 359 g/mol. The second-order valence-corrected chi connectivity index (χ2v) is 7.70. The minimum atomic E-state index is -3.22. The first kappa shape index (κ1) is 18.7. The van der Waals surface area contributed by atoms with Gasteiger partial charge < -0.3 is 10.1 Å². The predicted octanol–water partition coefficient (Wildman–Crippen LogP) is 2.99. The SMILES string of the molecule is COc1cccc(C=CC(=O)NC(C)c2ccc(S(C)(=O)=O)cc2)c1. The van der Waals surface area contributed by atoms with E-state index in [0.717, 1.165) is 23.1 Å². The van der Waals surface area contributed by atoms with Crippen molar-refractivity contribution in [2.45, 2.75) is 17.9 Å². The van der Waals surface area contributed by atoms with E-state index in [9.17, 15) is 13.2 Å². The topological polar surface area (TPSA) is 72.5 Å². The Morgan fingerprint density at radius 2 is 1.84 bits per heavy atom. The molecule has 25 heavy (non-hydrogen) atoms. The van der Waals surface area contributed by atoms with Gasteiger partial charge in [0.2, 0.25) is 5.91 Å². The summed E-state index contributed by atoms with van der Waals surface area (Å²) in [6.45, 7) is 1.84. The zero-order chi connectivity index (χ0) is 18.4. The number of hydrogen-bond donors (Lipinski definition) is 1. The summed E-state index contributed by atoms with van der Waals surface area (Å²) in [6, 6.07) is 13.6.